The normalized spacial score (nSPS) is 21.3. The van der Waals surface area contributed by atoms with Crippen LogP contribution in [-0.4, -0.2) is 25.5 Å². The summed E-state index contributed by atoms with van der Waals surface area (Å²) in [4.78, 5) is 0. The standard InChI is InChI=1S/C16H36O5P2/c1-13(11-15(3,4)5)19-22(9,17)21-23(10,18)20-14(2)12-16(6,7)8/h13-14H,11-12H2,1-10H3. The van der Waals surface area contributed by atoms with E-state index in [2.05, 4.69) is 41.5 Å². The molecule has 0 saturated heterocycles. The molecule has 5 nitrogen and oxygen atoms in total. The Balaban J connectivity index is 4.68. The predicted molar refractivity (Wildman–Crippen MR) is 97.4 cm³/mol. The Bertz CT molecular complexity index is 420. The lowest BCUT2D eigenvalue weighted by molar-refractivity contribution is 0.126. The van der Waals surface area contributed by atoms with E-state index in [0.717, 1.165) is 12.8 Å². The highest BCUT2D eigenvalue weighted by Gasteiger charge is 2.34. The van der Waals surface area contributed by atoms with Gasteiger partial charge in [-0.15, -0.1) is 0 Å². The fourth-order valence-electron chi connectivity index (χ4n) is 2.76. The SMILES string of the molecule is CC(CC(C)(C)C)OP(C)(=O)OP(C)(=O)OC(C)CC(C)(C)C. The molecule has 0 aromatic carbocycles. The minimum absolute atomic E-state index is 0.0487. The molecule has 0 rings (SSSR count). The Morgan fingerprint density at radius 2 is 1.00 bits per heavy atom. The Labute approximate surface area is 142 Å². The second kappa shape index (κ2) is 8.15. The number of rotatable bonds is 8. The van der Waals surface area contributed by atoms with Crippen LogP contribution >= 0.6 is 15.2 Å². The Kier molecular flexibility index (Phi) is 8.27. The maximum absolute atomic E-state index is 12.5. The van der Waals surface area contributed by atoms with Gasteiger partial charge < -0.3 is 9.05 Å². The molecule has 140 valence electrons. The molecule has 0 spiro atoms. The van der Waals surface area contributed by atoms with Crippen molar-refractivity contribution in [3.05, 3.63) is 0 Å². The zero-order valence-corrected chi connectivity index (χ0v) is 18.3. The van der Waals surface area contributed by atoms with E-state index in [1.54, 1.807) is 0 Å². The van der Waals surface area contributed by atoms with E-state index in [9.17, 15) is 9.13 Å². The fourth-order valence-corrected chi connectivity index (χ4v) is 6.68. The van der Waals surface area contributed by atoms with Crippen molar-refractivity contribution >= 4 is 15.2 Å². The van der Waals surface area contributed by atoms with Crippen LogP contribution in [0.1, 0.15) is 68.2 Å². The lowest BCUT2D eigenvalue weighted by Crippen LogP contribution is -2.18. The van der Waals surface area contributed by atoms with E-state index in [-0.39, 0.29) is 23.0 Å². The van der Waals surface area contributed by atoms with E-state index in [4.69, 9.17) is 13.4 Å². The Morgan fingerprint density at radius 3 is 1.22 bits per heavy atom. The molecular weight excluding hydrogens is 334 g/mol. The summed E-state index contributed by atoms with van der Waals surface area (Å²) in [6, 6.07) is 0. The van der Waals surface area contributed by atoms with E-state index in [0.29, 0.717) is 0 Å². The Hall–Kier alpha value is 0.340. The predicted octanol–water partition coefficient (Wildman–Crippen LogP) is 6.33. The average Bonchev–Trinajstić information content (AvgIpc) is 2.03. The number of hydrogen-bond acceptors (Lipinski definition) is 5. The van der Waals surface area contributed by atoms with Crippen molar-refractivity contribution in [2.24, 2.45) is 10.8 Å². The topological polar surface area (TPSA) is 61.8 Å². The summed E-state index contributed by atoms with van der Waals surface area (Å²) >= 11 is 0. The van der Waals surface area contributed by atoms with Crippen LogP contribution in [0.4, 0.5) is 0 Å². The maximum atomic E-state index is 12.5. The zero-order chi connectivity index (χ0) is 18.7. The van der Waals surface area contributed by atoms with Gasteiger partial charge in [0, 0.05) is 13.3 Å². The summed E-state index contributed by atoms with van der Waals surface area (Å²) in [6.07, 6.45) is 0.947. The van der Waals surface area contributed by atoms with Gasteiger partial charge in [0.15, 0.2) is 0 Å². The molecule has 0 aliphatic rings. The summed E-state index contributed by atoms with van der Waals surface area (Å²) in [5.74, 6) is 0. The van der Waals surface area contributed by atoms with Crippen molar-refractivity contribution in [1.82, 2.24) is 0 Å². The third kappa shape index (κ3) is 13.3. The smallest absolute Gasteiger partial charge is 0.305 e. The van der Waals surface area contributed by atoms with Crippen LogP contribution in [0.2, 0.25) is 0 Å². The second-order valence-corrected chi connectivity index (χ2v) is 13.1. The first-order valence-electron chi connectivity index (χ1n) is 8.14. The Morgan fingerprint density at radius 1 is 0.739 bits per heavy atom. The molecule has 4 unspecified atom stereocenters. The molecule has 7 heteroatoms. The van der Waals surface area contributed by atoms with E-state index in [1.807, 2.05) is 13.8 Å². The molecule has 23 heavy (non-hydrogen) atoms. The lowest BCUT2D eigenvalue weighted by Gasteiger charge is -2.29. The summed E-state index contributed by atoms with van der Waals surface area (Å²) in [6.45, 7) is 18.9. The van der Waals surface area contributed by atoms with Gasteiger partial charge in [0.1, 0.15) is 0 Å². The van der Waals surface area contributed by atoms with Crippen molar-refractivity contribution in [3.63, 3.8) is 0 Å². The third-order valence-corrected chi connectivity index (χ3v) is 6.70. The lowest BCUT2D eigenvalue weighted by atomic mass is 9.90. The van der Waals surface area contributed by atoms with E-state index < -0.39 is 15.2 Å². The van der Waals surface area contributed by atoms with Crippen molar-refractivity contribution in [2.45, 2.75) is 80.4 Å². The largest absolute Gasteiger partial charge is 0.335 e. The molecule has 0 aromatic rings. The zero-order valence-electron chi connectivity index (χ0n) is 16.5. The number of hydrogen-bond donors (Lipinski definition) is 0. The second-order valence-electron chi connectivity index (χ2n) is 8.99. The summed E-state index contributed by atoms with van der Waals surface area (Å²) in [5.41, 5.74) is 0.0973. The van der Waals surface area contributed by atoms with Crippen molar-refractivity contribution in [3.8, 4) is 0 Å². The molecule has 0 radical (unpaired) electrons. The van der Waals surface area contributed by atoms with Gasteiger partial charge in [-0.3, -0.25) is 9.13 Å². The molecule has 4 atom stereocenters. The molecule has 0 saturated carbocycles. The van der Waals surface area contributed by atoms with Crippen LogP contribution in [0.25, 0.3) is 0 Å². The first kappa shape index (κ1) is 23.3. The summed E-state index contributed by atoms with van der Waals surface area (Å²) in [7, 11) is -6.90. The highest BCUT2D eigenvalue weighted by Crippen LogP contribution is 2.62. The molecule has 0 aliphatic carbocycles. The molecule has 0 bridgehead atoms. The molecule has 0 aromatic heterocycles. The highest BCUT2D eigenvalue weighted by molar-refractivity contribution is 7.66. The van der Waals surface area contributed by atoms with E-state index >= 15 is 0 Å². The van der Waals surface area contributed by atoms with Crippen LogP contribution < -0.4 is 0 Å². The minimum Gasteiger partial charge on any atom is -0.305 e. The van der Waals surface area contributed by atoms with Crippen molar-refractivity contribution < 1.29 is 22.5 Å². The van der Waals surface area contributed by atoms with Gasteiger partial charge in [-0.05, 0) is 37.5 Å². The van der Waals surface area contributed by atoms with Gasteiger partial charge in [0.2, 0.25) is 0 Å². The van der Waals surface area contributed by atoms with Crippen LogP contribution in [0.5, 0.6) is 0 Å². The molecule has 0 fully saturated rings. The molecule has 0 N–H and O–H groups in total. The first-order valence-corrected chi connectivity index (χ1v) is 12.1. The summed E-state index contributed by atoms with van der Waals surface area (Å²) < 4.78 is 41.3. The van der Waals surface area contributed by atoms with Crippen LogP contribution in [-0.2, 0) is 22.5 Å². The minimum atomic E-state index is -3.45. The van der Waals surface area contributed by atoms with Gasteiger partial charge >= 0.3 is 15.2 Å². The van der Waals surface area contributed by atoms with Crippen molar-refractivity contribution in [1.29, 1.82) is 0 Å². The highest BCUT2D eigenvalue weighted by atomic mass is 31.3. The maximum Gasteiger partial charge on any atom is 0.335 e. The van der Waals surface area contributed by atoms with Gasteiger partial charge in [0.25, 0.3) is 0 Å². The summed E-state index contributed by atoms with van der Waals surface area (Å²) in [5, 5.41) is 0. The third-order valence-electron chi connectivity index (χ3n) is 2.84. The molecular formula is C16H36O5P2. The van der Waals surface area contributed by atoms with Crippen LogP contribution in [0.15, 0.2) is 0 Å². The van der Waals surface area contributed by atoms with Gasteiger partial charge in [0.05, 0.1) is 12.2 Å². The average molecular weight is 370 g/mol. The first-order chi connectivity index (χ1) is 9.91. The van der Waals surface area contributed by atoms with E-state index in [1.165, 1.54) is 13.3 Å². The quantitative estimate of drug-likeness (QED) is 0.467. The van der Waals surface area contributed by atoms with Gasteiger partial charge in [-0.2, -0.15) is 0 Å². The molecule has 0 amide bonds. The van der Waals surface area contributed by atoms with Gasteiger partial charge in [-0.25, -0.2) is 4.31 Å². The van der Waals surface area contributed by atoms with Crippen LogP contribution in [0.3, 0.4) is 0 Å². The molecule has 0 aliphatic heterocycles. The molecule has 0 heterocycles. The fraction of sp³-hybridized carbons (Fsp3) is 1.00. The van der Waals surface area contributed by atoms with Gasteiger partial charge in [-0.1, -0.05) is 41.5 Å². The van der Waals surface area contributed by atoms with Crippen LogP contribution in [0, 0.1) is 10.8 Å². The van der Waals surface area contributed by atoms with Crippen molar-refractivity contribution in [2.75, 3.05) is 13.3 Å². The monoisotopic (exact) mass is 370 g/mol.